The van der Waals surface area contributed by atoms with Crippen LogP contribution < -0.4 is 5.32 Å². The van der Waals surface area contributed by atoms with E-state index in [-0.39, 0.29) is 5.01 Å². The molecular formula is C20H16F2N2OS. The number of fused-ring (bicyclic) bond motifs is 3. The van der Waals surface area contributed by atoms with Gasteiger partial charge in [0.15, 0.2) is 5.01 Å². The molecule has 1 aliphatic carbocycles. The number of rotatable bonds is 2. The van der Waals surface area contributed by atoms with Crippen molar-refractivity contribution in [3.8, 4) is 10.4 Å². The van der Waals surface area contributed by atoms with Gasteiger partial charge in [-0.25, -0.2) is 13.8 Å². The summed E-state index contributed by atoms with van der Waals surface area (Å²) in [7, 11) is 0. The van der Waals surface area contributed by atoms with Gasteiger partial charge in [-0.2, -0.15) is 0 Å². The zero-order valence-electron chi connectivity index (χ0n) is 14.1. The maximum Gasteiger partial charge on any atom is 0.284 e. The fourth-order valence-corrected chi connectivity index (χ4v) is 4.24. The first-order valence-electron chi connectivity index (χ1n) is 8.38. The summed E-state index contributed by atoms with van der Waals surface area (Å²) in [5.41, 5.74) is 3.92. The molecule has 3 aromatic rings. The fraction of sp³-hybridized carbons (Fsp3) is 0.200. The first kappa shape index (κ1) is 16.8. The maximum absolute atomic E-state index is 13.8. The number of hydrogen-bond acceptors (Lipinski definition) is 3. The van der Waals surface area contributed by atoms with Crippen LogP contribution in [0.4, 0.5) is 14.5 Å². The lowest BCUT2D eigenvalue weighted by Gasteiger charge is -2.07. The number of aryl methyl sites for hydroxylation is 3. The second kappa shape index (κ2) is 6.61. The Bertz CT molecular complexity index is 993. The van der Waals surface area contributed by atoms with Gasteiger partial charge in [0.1, 0.15) is 17.3 Å². The molecule has 0 bridgehead atoms. The summed E-state index contributed by atoms with van der Waals surface area (Å²) in [6.07, 6.45) is 2.71. The molecule has 1 N–H and O–H groups in total. The third-order valence-electron chi connectivity index (χ3n) is 4.46. The van der Waals surface area contributed by atoms with Gasteiger partial charge in [0.2, 0.25) is 0 Å². The Balaban J connectivity index is 1.71. The van der Waals surface area contributed by atoms with Crippen molar-refractivity contribution in [3.63, 3.8) is 0 Å². The van der Waals surface area contributed by atoms with Gasteiger partial charge < -0.3 is 5.32 Å². The lowest BCUT2D eigenvalue weighted by molar-refractivity contribution is 0.102. The Kier molecular flexibility index (Phi) is 4.28. The highest BCUT2D eigenvalue weighted by Crippen LogP contribution is 2.37. The number of hydrogen-bond donors (Lipinski definition) is 1. The molecule has 0 unspecified atom stereocenters. The zero-order chi connectivity index (χ0) is 18.3. The van der Waals surface area contributed by atoms with Crippen molar-refractivity contribution in [1.82, 2.24) is 4.98 Å². The van der Waals surface area contributed by atoms with Crippen LogP contribution in [0.1, 0.15) is 33.0 Å². The van der Waals surface area contributed by atoms with E-state index in [0.29, 0.717) is 0 Å². The molecule has 1 amide bonds. The average Bonchev–Trinajstić information content (AvgIpc) is 2.96. The van der Waals surface area contributed by atoms with Gasteiger partial charge in [-0.05, 0) is 49.4 Å². The van der Waals surface area contributed by atoms with Crippen LogP contribution in [0, 0.1) is 18.6 Å². The Morgan fingerprint density at radius 1 is 1.15 bits per heavy atom. The maximum atomic E-state index is 13.8. The SMILES string of the molecule is Cc1ccc2c(c1)-c1sc(C(=O)Nc3c(F)cccc3F)nc1CCC2. The van der Waals surface area contributed by atoms with E-state index in [4.69, 9.17) is 0 Å². The molecule has 4 rings (SSSR count). The van der Waals surface area contributed by atoms with Gasteiger partial charge in [0.05, 0.1) is 10.6 Å². The summed E-state index contributed by atoms with van der Waals surface area (Å²) in [6, 6.07) is 9.78. The van der Waals surface area contributed by atoms with Crippen LogP contribution in [0.5, 0.6) is 0 Å². The largest absolute Gasteiger partial charge is 0.315 e. The summed E-state index contributed by atoms with van der Waals surface area (Å²) in [5.74, 6) is -2.21. The third-order valence-corrected chi connectivity index (χ3v) is 5.59. The number of carbonyl (C=O) groups excluding carboxylic acids is 1. The van der Waals surface area contributed by atoms with E-state index in [9.17, 15) is 13.6 Å². The molecule has 0 fully saturated rings. The molecule has 0 aliphatic heterocycles. The topological polar surface area (TPSA) is 42.0 Å². The molecule has 0 saturated heterocycles. The molecule has 6 heteroatoms. The molecule has 1 aromatic heterocycles. The van der Waals surface area contributed by atoms with E-state index >= 15 is 0 Å². The second-order valence-electron chi connectivity index (χ2n) is 6.36. The van der Waals surface area contributed by atoms with E-state index in [1.54, 1.807) is 0 Å². The molecule has 0 radical (unpaired) electrons. The number of halogens is 2. The number of benzene rings is 2. The Morgan fingerprint density at radius 3 is 2.69 bits per heavy atom. The van der Waals surface area contributed by atoms with Gasteiger partial charge in [-0.3, -0.25) is 4.79 Å². The van der Waals surface area contributed by atoms with Crippen LogP contribution in [0.3, 0.4) is 0 Å². The molecule has 3 nitrogen and oxygen atoms in total. The quantitative estimate of drug-likeness (QED) is 0.679. The highest BCUT2D eigenvalue weighted by Gasteiger charge is 2.23. The number of carbonyl (C=O) groups is 1. The molecule has 26 heavy (non-hydrogen) atoms. The Morgan fingerprint density at radius 2 is 1.92 bits per heavy atom. The van der Waals surface area contributed by atoms with Gasteiger partial charge in [-0.15, -0.1) is 11.3 Å². The third kappa shape index (κ3) is 3.01. The number of amides is 1. The predicted molar refractivity (Wildman–Crippen MR) is 98.6 cm³/mol. The van der Waals surface area contributed by atoms with Crippen molar-refractivity contribution < 1.29 is 13.6 Å². The predicted octanol–water partition coefficient (Wildman–Crippen LogP) is 5.14. The first-order chi connectivity index (χ1) is 12.5. The van der Waals surface area contributed by atoms with E-state index < -0.39 is 23.2 Å². The molecule has 0 atom stereocenters. The summed E-state index contributed by atoms with van der Waals surface area (Å²) >= 11 is 1.27. The van der Waals surface area contributed by atoms with Crippen molar-refractivity contribution in [2.75, 3.05) is 5.32 Å². The second-order valence-corrected chi connectivity index (χ2v) is 7.36. The van der Waals surface area contributed by atoms with Crippen molar-refractivity contribution in [1.29, 1.82) is 0 Å². The van der Waals surface area contributed by atoms with Crippen LogP contribution >= 0.6 is 11.3 Å². The summed E-state index contributed by atoms with van der Waals surface area (Å²) in [5, 5.41) is 2.53. The van der Waals surface area contributed by atoms with Crippen LogP contribution in [-0.4, -0.2) is 10.9 Å². The molecular weight excluding hydrogens is 354 g/mol. The fourth-order valence-electron chi connectivity index (χ4n) is 3.18. The van der Waals surface area contributed by atoms with Crippen molar-refractivity contribution in [2.45, 2.75) is 26.2 Å². The molecule has 0 spiro atoms. The minimum Gasteiger partial charge on any atom is -0.315 e. The number of thiazole rings is 1. The zero-order valence-corrected chi connectivity index (χ0v) is 14.9. The Hall–Kier alpha value is -2.60. The van der Waals surface area contributed by atoms with Crippen LogP contribution in [-0.2, 0) is 12.8 Å². The van der Waals surface area contributed by atoms with Crippen molar-refractivity contribution in [2.24, 2.45) is 0 Å². The average molecular weight is 370 g/mol. The number of para-hydroxylation sites is 1. The molecule has 0 saturated carbocycles. The van der Waals surface area contributed by atoms with Crippen LogP contribution in [0.2, 0.25) is 0 Å². The normalized spacial score (nSPS) is 12.9. The van der Waals surface area contributed by atoms with Gasteiger partial charge in [0.25, 0.3) is 5.91 Å². The van der Waals surface area contributed by atoms with E-state index in [1.165, 1.54) is 23.0 Å². The smallest absolute Gasteiger partial charge is 0.284 e. The van der Waals surface area contributed by atoms with E-state index in [2.05, 4.69) is 28.5 Å². The highest BCUT2D eigenvalue weighted by atomic mass is 32.1. The Labute approximate surface area is 153 Å². The molecule has 1 heterocycles. The summed E-state index contributed by atoms with van der Waals surface area (Å²) in [4.78, 5) is 17.9. The standard InChI is InChI=1S/C20H16F2N2OS/c1-11-8-9-12-4-2-7-16-18(13(12)10-11)26-20(23-16)19(25)24-17-14(21)5-3-6-15(17)22/h3,5-6,8-10H,2,4,7H2,1H3,(H,24,25). The number of anilines is 1. The number of nitrogens with zero attached hydrogens (tertiary/aromatic N) is 1. The number of nitrogens with one attached hydrogen (secondary N) is 1. The lowest BCUT2D eigenvalue weighted by atomic mass is 10.0. The molecule has 132 valence electrons. The lowest BCUT2D eigenvalue weighted by Crippen LogP contribution is -2.14. The van der Waals surface area contributed by atoms with Crippen LogP contribution in [0.25, 0.3) is 10.4 Å². The van der Waals surface area contributed by atoms with Gasteiger partial charge in [-0.1, -0.05) is 29.8 Å². The molecule has 1 aliphatic rings. The van der Waals surface area contributed by atoms with Crippen molar-refractivity contribution >= 4 is 22.9 Å². The highest BCUT2D eigenvalue weighted by molar-refractivity contribution is 7.17. The van der Waals surface area contributed by atoms with Crippen LogP contribution in [0.15, 0.2) is 36.4 Å². The number of aromatic nitrogens is 1. The van der Waals surface area contributed by atoms with E-state index in [1.807, 2.05) is 6.92 Å². The minimum atomic E-state index is -0.808. The monoisotopic (exact) mass is 370 g/mol. The van der Waals surface area contributed by atoms with Gasteiger partial charge >= 0.3 is 0 Å². The van der Waals surface area contributed by atoms with Crippen molar-refractivity contribution in [3.05, 3.63) is 69.9 Å². The first-order valence-corrected chi connectivity index (χ1v) is 9.19. The minimum absolute atomic E-state index is 0.215. The molecule has 2 aromatic carbocycles. The van der Waals surface area contributed by atoms with E-state index in [0.717, 1.165) is 53.1 Å². The summed E-state index contributed by atoms with van der Waals surface area (Å²) < 4.78 is 27.6. The summed E-state index contributed by atoms with van der Waals surface area (Å²) in [6.45, 7) is 2.03. The van der Waals surface area contributed by atoms with Gasteiger partial charge in [0, 0.05) is 0 Å².